The van der Waals surface area contributed by atoms with Crippen LogP contribution in [0.5, 0.6) is 0 Å². The summed E-state index contributed by atoms with van der Waals surface area (Å²) in [7, 11) is 0. The molecule has 0 aliphatic heterocycles. The minimum atomic E-state index is 0.396. The van der Waals surface area contributed by atoms with E-state index >= 15 is 0 Å². The van der Waals surface area contributed by atoms with Crippen molar-refractivity contribution in [3.63, 3.8) is 0 Å². The van der Waals surface area contributed by atoms with Gasteiger partial charge in [-0.3, -0.25) is 0 Å². The highest BCUT2D eigenvalue weighted by molar-refractivity contribution is 5.19. The van der Waals surface area contributed by atoms with E-state index in [1.165, 1.54) is 25.7 Å². The van der Waals surface area contributed by atoms with Crippen molar-refractivity contribution < 1.29 is 0 Å². The van der Waals surface area contributed by atoms with Crippen molar-refractivity contribution in [1.29, 1.82) is 0 Å². The molecule has 4 aliphatic rings. The summed E-state index contributed by atoms with van der Waals surface area (Å²) in [4.78, 5) is 0. The van der Waals surface area contributed by atoms with Gasteiger partial charge in [-0.05, 0) is 95.7 Å². The zero-order chi connectivity index (χ0) is 20.4. The number of rotatable bonds is 5. The third-order valence-corrected chi connectivity index (χ3v) is 10.4. The van der Waals surface area contributed by atoms with Crippen molar-refractivity contribution in [3.05, 3.63) is 50.6 Å². The summed E-state index contributed by atoms with van der Waals surface area (Å²) in [6.45, 7) is 27.3. The summed E-state index contributed by atoms with van der Waals surface area (Å²) in [5.41, 5.74) is 0.797. The molecule has 28 heavy (non-hydrogen) atoms. The molecule has 0 heterocycles. The molecule has 0 saturated heterocycles. The van der Waals surface area contributed by atoms with Gasteiger partial charge in [0.2, 0.25) is 0 Å². The highest BCUT2D eigenvalue weighted by Crippen LogP contribution is 2.72. The van der Waals surface area contributed by atoms with E-state index in [-0.39, 0.29) is 0 Å². The summed E-state index contributed by atoms with van der Waals surface area (Å²) in [5.74, 6) is 7.39. The van der Waals surface area contributed by atoms with Crippen LogP contribution in [-0.2, 0) is 0 Å². The fourth-order valence-corrected chi connectivity index (χ4v) is 9.49. The van der Waals surface area contributed by atoms with Gasteiger partial charge in [-0.25, -0.2) is 0 Å². The van der Waals surface area contributed by atoms with E-state index in [0.717, 1.165) is 35.5 Å². The molecule has 0 heteroatoms. The molecule has 0 N–H and O–H groups in total. The SMILES string of the molecule is C=CC1CC(C=C)C2C1CC(C)(C1C3C(C=C)CC(C=C)C3CC1(C)C)C2C. The van der Waals surface area contributed by atoms with Gasteiger partial charge >= 0.3 is 0 Å². The lowest BCUT2D eigenvalue weighted by Crippen LogP contribution is -2.43. The summed E-state index contributed by atoms with van der Waals surface area (Å²) in [6, 6.07) is 0. The summed E-state index contributed by atoms with van der Waals surface area (Å²) >= 11 is 0. The average molecular weight is 379 g/mol. The van der Waals surface area contributed by atoms with Crippen LogP contribution >= 0.6 is 0 Å². The fraction of sp³-hybridized carbons (Fsp3) is 0.714. The molecule has 4 saturated carbocycles. The maximum absolute atomic E-state index is 4.27. The second-order valence-electron chi connectivity index (χ2n) is 11.7. The predicted molar refractivity (Wildman–Crippen MR) is 122 cm³/mol. The van der Waals surface area contributed by atoms with Gasteiger partial charge in [0.15, 0.2) is 0 Å². The zero-order valence-electron chi connectivity index (χ0n) is 18.7. The topological polar surface area (TPSA) is 0 Å². The molecule has 4 rings (SSSR count). The van der Waals surface area contributed by atoms with Crippen molar-refractivity contribution in [2.24, 2.45) is 70.0 Å². The molecule has 0 nitrogen and oxygen atoms in total. The van der Waals surface area contributed by atoms with Crippen molar-refractivity contribution in [1.82, 2.24) is 0 Å². The number of hydrogen-bond acceptors (Lipinski definition) is 0. The van der Waals surface area contributed by atoms with Crippen LogP contribution in [0.4, 0.5) is 0 Å². The van der Waals surface area contributed by atoms with E-state index in [0.29, 0.717) is 34.5 Å². The average Bonchev–Trinajstić information content (AvgIpc) is 3.32. The molecule has 4 aliphatic carbocycles. The molecule has 0 amide bonds. The molecule has 0 spiro atoms. The van der Waals surface area contributed by atoms with Crippen molar-refractivity contribution in [2.45, 2.75) is 53.4 Å². The van der Waals surface area contributed by atoms with Crippen LogP contribution in [0.2, 0.25) is 0 Å². The normalized spacial score (nSPS) is 54.1. The molecular weight excluding hydrogens is 336 g/mol. The molecule has 0 aromatic rings. The van der Waals surface area contributed by atoms with E-state index in [9.17, 15) is 0 Å². The van der Waals surface area contributed by atoms with Gasteiger partial charge in [-0.2, -0.15) is 0 Å². The molecule has 0 bridgehead atoms. The first-order valence-corrected chi connectivity index (χ1v) is 11.7. The maximum atomic E-state index is 4.27. The Bertz CT molecular complexity index is 668. The molecule has 0 aromatic carbocycles. The predicted octanol–water partition coefficient (Wildman–Crippen LogP) is 7.56. The van der Waals surface area contributed by atoms with Crippen molar-refractivity contribution in [3.8, 4) is 0 Å². The van der Waals surface area contributed by atoms with E-state index < -0.39 is 0 Å². The Labute approximate surface area is 174 Å². The molecule has 0 radical (unpaired) electrons. The Morgan fingerprint density at radius 1 is 0.679 bits per heavy atom. The molecule has 11 atom stereocenters. The highest BCUT2D eigenvalue weighted by atomic mass is 14.7. The lowest BCUT2D eigenvalue weighted by molar-refractivity contribution is 0.00182. The summed E-state index contributed by atoms with van der Waals surface area (Å²) in [6.07, 6.45) is 14.4. The smallest absolute Gasteiger partial charge is 0.0196 e. The van der Waals surface area contributed by atoms with Crippen LogP contribution < -0.4 is 0 Å². The second kappa shape index (κ2) is 6.75. The lowest BCUT2D eigenvalue weighted by atomic mass is 9.56. The van der Waals surface area contributed by atoms with Crippen LogP contribution in [-0.4, -0.2) is 0 Å². The molecule has 11 unspecified atom stereocenters. The lowest BCUT2D eigenvalue weighted by Gasteiger charge is -2.48. The number of hydrogen-bond donors (Lipinski definition) is 0. The van der Waals surface area contributed by atoms with Gasteiger partial charge in [0, 0.05) is 0 Å². The number of allylic oxidation sites excluding steroid dienone is 4. The van der Waals surface area contributed by atoms with E-state index in [1.54, 1.807) is 0 Å². The second-order valence-corrected chi connectivity index (χ2v) is 11.7. The minimum absolute atomic E-state index is 0.396. The summed E-state index contributed by atoms with van der Waals surface area (Å²) in [5, 5.41) is 0. The Hall–Kier alpha value is -1.04. The van der Waals surface area contributed by atoms with E-state index in [1.807, 2.05) is 0 Å². The third-order valence-electron chi connectivity index (χ3n) is 10.4. The quantitative estimate of drug-likeness (QED) is 0.433. The standard InChI is InChI=1S/C28H42/c1-9-18-14-21(12-4)25-22(18)15-27(6,7)26(25)28(8)16-23-19(10-2)13-20(11-3)24(23)17(28)5/h9-12,17-26H,1-4,13-16H2,5-8H3. The third kappa shape index (κ3) is 2.55. The first kappa shape index (κ1) is 20.2. The molecule has 4 fully saturated rings. The van der Waals surface area contributed by atoms with Crippen molar-refractivity contribution in [2.75, 3.05) is 0 Å². The number of fused-ring (bicyclic) bond motifs is 2. The van der Waals surface area contributed by atoms with Gasteiger partial charge in [0.25, 0.3) is 0 Å². The first-order chi connectivity index (χ1) is 13.2. The monoisotopic (exact) mass is 378 g/mol. The summed E-state index contributed by atoms with van der Waals surface area (Å²) < 4.78 is 0. The van der Waals surface area contributed by atoms with Gasteiger partial charge < -0.3 is 0 Å². The van der Waals surface area contributed by atoms with Crippen LogP contribution in [0.1, 0.15) is 53.4 Å². The van der Waals surface area contributed by atoms with Crippen molar-refractivity contribution >= 4 is 0 Å². The van der Waals surface area contributed by atoms with Crippen LogP contribution in [0.15, 0.2) is 50.6 Å². The highest BCUT2D eigenvalue weighted by Gasteiger charge is 2.66. The Morgan fingerprint density at radius 2 is 1.14 bits per heavy atom. The van der Waals surface area contributed by atoms with Crippen LogP contribution in [0.25, 0.3) is 0 Å². The zero-order valence-corrected chi connectivity index (χ0v) is 18.7. The Balaban J connectivity index is 1.74. The minimum Gasteiger partial charge on any atom is -0.103 e. The van der Waals surface area contributed by atoms with Crippen LogP contribution in [0.3, 0.4) is 0 Å². The van der Waals surface area contributed by atoms with E-state index in [4.69, 9.17) is 0 Å². The Morgan fingerprint density at radius 3 is 1.64 bits per heavy atom. The Kier molecular flexibility index (Phi) is 4.88. The van der Waals surface area contributed by atoms with Crippen LogP contribution in [0, 0.1) is 70.0 Å². The first-order valence-electron chi connectivity index (χ1n) is 11.7. The largest absolute Gasteiger partial charge is 0.103 e. The molecule has 0 aromatic heterocycles. The molecular formula is C28H42. The van der Waals surface area contributed by atoms with Gasteiger partial charge in [0.05, 0.1) is 0 Å². The van der Waals surface area contributed by atoms with Gasteiger partial charge in [0.1, 0.15) is 0 Å². The van der Waals surface area contributed by atoms with Gasteiger partial charge in [-0.1, -0.05) is 52.0 Å². The maximum Gasteiger partial charge on any atom is -0.0196 e. The van der Waals surface area contributed by atoms with Gasteiger partial charge in [-0.15, -0.1) is 26.3 Å². The molecule has 154 valence electrons. The van der Waals surface area contributed by atoms with E-state index in [2.05, 4.69) is 78.3 Å². The fourth-order valence-electron chi connectivity index (χ4n) is 9.49.